The fraction of sp³-hybridized carbons (Fsp3) is 0.312. The number of amides is 2. The number of hydrogen-bond acceptors (Lipinski definition) is 13. The number of carboxylic acids is 1. The minimum absolute atomic E-state index is 0.00603. The third-order valence-electron chi connectivity index (χ3n) is 11.2. The summed E-state index contributed by atoms with van der Waals surface area (Å²) >= 11 is 12.2. The van der Waals surface area contributed by atoms with Gasteiger partial charge in [-0.1, -0.05) is 101 Å². The molecule has 1 aliphatic carbocycles. The van der Waals surface area contributed by atoms with Gasteiger partial charge in [-0.05, 0) is 28.7 Å². The van der Waals surface area contributed by atoms with Gasteiger partial charge in [0.05, 0.1) is 79.2 Å². The maximum absolute atomic E-state index is 13.5. The Labute approximate surface area is 400 Å². The number of nitrogens with two attached hydrogens (primary N) is 1. The zero-order chi connectivity index (χ0) is 48.2. The fourth-order valence-corrected chi connectivity index (χ4v) is 8.34. The average Bonchev–Trinajstić information content (AvgIpc) is 3.74. The number of ether oxygens (including phenoxy) is 4. The lowest BCUT2D eigenvalue weighted by atomic mass is 9.79. The van der Waals surface area contributed by atoms with Crippen molar-refractivity contribution in [3.05, 3.63) is 134 Å². The first kappa shape index (κ1) is 49.1. The highest BCUT2D eigenvalue weighted by molar-refractivity contribution is 6.39. The number of fused-ring (bicyclic) bond motifs is 5. The van der Waals surface area contributed by atoms with Crippen LogP contribution in [0.25, 0.3) is 33.6 Å². The fourth-order valence-electron chi connectivity index (χ4n) is 7.80. The van der Waals surface area contributed by atoms with Crippen LogP contribution in [0.2, 0.25) is 10.0 Å². The van der Waals surface area contributed by atoms with Crippen molar-refractivity contribution in [2.75, 3.05) is 46.2 Å². The quantitative estimate of drug-likeness (QED) is 0.0708. The number of aromatic nitrogens is 6. The molecule has 354 valence electrons. The predicted molar refractivity (Wildman–Crippen MR) is 250 cm³/mol. The number of carbonyl (C=O) groups is 4. The average molecular weight is 968 g/mol. The van der Waals surface area contributed by atoms with Crippen molar-refractivity contribution in [1.82, 2.24) is 35.1 Å². The van der Waals surface area contributed by atoms with Crippen molar-refractivity contribution in [2.45, 2.75) is 44.2 Å². The number of ketones is 1. The summed E-state index contributed by atoms with van der Waals surface area (Å²) in [5, 5.41) is 25.5. The molecule has 7 rings (SSSR count). The molecular weight excluding hydrogens is 919 g/mol. The predicted octanol–water partition coefficient (Wildman–Crippen LogP) is 5.10. The molecule has 0 aliphatic heterocycles. The van der Waals surface area contributed by atoms with Crippen LogP contribution in [0.15, 0.2) is 96.2 Å². The Morgan fingerprint density at radius 2 is 1.49 bits per heavy atom. The van der Waals surface area contributed by atoms with E-state index in [0.29, 0.717) is 56.2 Å². The molecule has 1 aliphatic rings. The van der Waals surface area contributed by atoms with Crippen LogP contribution >= 0.6 is 23.2 Å². The molecule has 0 saturated heterocycles. The Balaban J connectivity index is 0.850. The summed E-state index contributed by atoms with van der Waals surface area (Å²) in [5.41, 5.74) is 11.3. The number of carbonyl (C=O) groups excluding carboxylic acids is 3. The van der Waals surface area contributed by atoms with Crippen molar-refractivity contribution in [2.24, 2.45) is 12.8 Å². The second-order valence-electron chi connectivity index (χ2n) is 15.7. The number of nitrogens with one attached hydrogen (secondary N) is 1. The van der Waals surface area contributed by atoms with E-state index in [9.17, 15) is 29.1 Å². The summed E-state index contributed by atoms with van der Waals surface area (Å²) in [6.45, 7) is 2.36. The molecule has 0 bridgehead atoms. The molecule has 68 heavy (non-hydrogen) atoms. The molecule has 2 atom stereocenters. The van der Waals surface area contributed by atoms with Crippen LogP contribution in [-0.4, -0.2) is 111 Å². The van der Waals surface area contributed by atoms with E-state index in [0.717, 1.165) is 27.9 Å². The lowest BCUT2D eigenvalue weighted by Gasteiger charge is -2.24. The first-order chi connectivity index (χ1) is 32.9. The molecule has 3 aromatic heterocycles. The number of carboxylic acid groups (broad SMARTS) is 1. The van der Waals surface area contributed by atoms with Gasteiger partial charge in [-0.25, -0.2) is 14.2 Å². The number of aryl methyl sites for hydroxylation is 1. The molecule has 0 spiro atoms. The standard InChI is InChI=1S/C48H48Cl2N8O10/c1-57-47(62)42(30-12-10-29(11-13-30)24-38(48(63)64)54-46(61)43-36(49)26-52-27-37(43)50)40(28-53-57)68-23-22-67-21-20-66-19-18-65-17-16-58-45-32-7-3-2-6-31(32)25-35(39(59)14-15-41(51)60)33-8-4-5-9-34(33)44(45)55-56-58/h2-13,26-28,35,38H,14-25H2,1H3,(H2,51,60)(H,54,61)(H,63,64)/t35?,38-/m0/s1. The van der Waals surface area contributed by atoms with Gasteiger partial charge in [-0.15, -0.1) is 5.10 Å². The van der Waals surface area contributed by atoms with Crippen molar-refractivity contribution < 1.29 is 43.2 Å². The molecule has 0 saturated carbocycles. The van der Waals surface area contributed by atoms with E-state index in [1.165, 1.54) is 30.3 Å². The Bertz CT molecular complexity index is 2820. The van der Waals surface area contributed by atoms with E-state index in [1.54, 1.807) is 24.3 Å². The minimum atomic E-state index is -1.31. The van der Waals surface area contributed by atoms with Crippen molar-refractivity contribution in [3.8, 4) is 39.4 Å². The first-order valence-electron chi connectivity index (χ1n) is 21.7. The van der Waals surface area contributed by atoms with Crippen LogP contribution in [0, 0.1) is 0 Å². The van der Waals surface area contributed by atoms with Gasteiger partial charge in [-0.3, -0.25) is 24.2 Å². The van der Waals surface area contributed by atoms with Crippen molar-refractivity contribution in [3.63, 3.8) is 0 Å². The molecule has 4 N–H and O–H groups in total. The Kier molecular flexibility index (Phi) is 16.8. The van der Waals surface area contributed by atoms with Gasteiger partial charge >= 0.3 is 5.97 Å². The summed E-state index contributed by atoms with van der Waals surface area (Å²) in [7, 11) is 1.52. The number of rotatable bonds is 23. The van der Waals surface area contributed by atoms with E-state index in [1.807, 2.05) is 53.2 Å². The molecule has 3 heterocycles. The van der Waals surface area contributed by atoms with Gasteiger partial charge in [0.2, 0.25) is 5.91 Å². The zero-order valence-corrected chi connectivity index (χ0v) is 38.5. The summed E-state index contributed by atoms with van der Waals surface area (Å²) in [6.07, 6.45) is 4.36. The van der Waals surface area contributed by atoms with Gasteiger partial charge < -0.3 is 35.1 Å². The van der Waals surface area contributed by atoms with Crippen LogP contribution in [0.1, 0.15) is 45.8 Å². The van der Waals surface area contributed by atoms with Crippen LogP contribution in [-0.2, 0) is 55.0 Å². The van der Waals surface area contributed by atoms with E-state index in [2.05, 4.69) is 25.7 Å². The molecule has 18 nitrogen and oxygen atoms in total. The Morgan fingerprint density at radius 3 is 2.18 bits per heavy atom. The normalized spacial score (nSPS) is 13.3. The number of halogens is 2. The highest BCUT2D eigenvalue weighted by Gasteiger charge is 2.31. The van der Waals surface area contributed by atoms with Crippen LogP contribution < -0.4 is 21.3 Å². The Hall–Kier alpha value is -6.83. The van der Waals surface area contributed by atoms with Gasteiger partial charge in [0.25, 0.3) is 11.5 Å². The van der Waals surface area contributed by atoms with Crippen LogP contribution in [0.5, 0.6) is 5.75 Å². The number of hydrogen-bond donors (Lipinski definition) is 3. The topological polar surface area (TPSA) is 242 Å². The summed E-state index contributed by atoms with van der Waals surface area (Å²) < 4.78 is 26.2. The molecule has 0 fully saturated rings. The maximum Gasteiger partial charge on any atom is 0.326 e. The number of aliphatic carboxylic acids is 1. The van der Waals surface area contributed by atoms with Crippen LogP contribution in [0.3, 0.4) is 0 Å². The maximum atomic E-state index is 13.5. The minimum Gasteiger partial charge on any atom is -0.489 e. The lowest BCUT2D eigenvalue weighted by molar-refractivity contribution is -0.139. The highest BCUT2D eigenvalue weighted by Crippen LogP contribution is 2.42. The molecule has 3 aromatic carbocycles. The largest absolute Gasteiger partial charge is 0.489 e. The number of nitrogens with zero attached hydrogens (tertiary/aromatic N) is 6. The lowest BCUT2D eigenvalue weighted by Crippen LogP contribution is -2.42. The molecule has 20 heteroatoms. The number of pyridine rings is 1. The van der Waals surface area contributed by atoms with Gasteiger partial charge in [0.15, 0.2) is 5.75 Å². The monoisotopic (exact) mass is 966 g/mol. The molecule has 2 amide bonds. The number of Topliss-reactive ketones (excluding diaryl/α,β-unsaturated/α-hetero) is 1. The van der Waals surface area contributed by atoms with E-state index >= 15 is 0 Å². The highest BCUT2D eigenvalue weighted by atomic mass is 35.5. The molecule has 6 aromatic rings. The summed E-state index contributed by atoms with van der Waals surface area (Å²) in [6, 6.07) is 20.9. The third kappa shape index (κ3) is 12.0. The zero-order valence-electron chi connectivity index (χ0n) is 36.9. The second kappa shape index (κ2) is 23.3. The van der Waals surface area contributed by atoms with Gasteiger partial charge in [0, 0.05) is 55.7 Å². The van der Waals surface area contributed by atoms with E-state index in [4.69, 9.17) is 47.9 Å². The molecule has 1 unspecified atom stereocenters. The molecule has 0 radical (unpaired) electrons. The van der Waals surface area contributed by atoms with Crippen molar-refractivity contribution in [1.29, 1.82) is 0 Å². The number of benzene rings is 3. The van der Waals surface area contributed by atoms with E-state index in [-0.39, 0.29) is 71.8 Å². The first-order valence-corrected chi connectivity index (χ1v) is 22.4. The summed E-state index contributed by atoms with van der Waals surface area (Å²) in [5.74, 6) is -2.81. The van der Waals surface area contributed by atoms with Crippen molar-refractivity contribution >= 4 is 46.8 Å². The number of primary amides is 1. The second-order valence-corrected chi connectivity index (χ2v) is 16.5. The third-order valence-corrected chi connectivity index (χ3v) is 11.7. The van der Waals surface area contributed by atoms with Gasteiger partial charge in [0.1, 0.15) is 24.1 Å². The smallest absolute Gasteiger partial charge is 0.326 e. The van der Waals surface area contributed by atoms with Gasteiger partial charge in [-0.2, -0.15) is 5.10 Å². The Morgan fingerprint density at radius 1 is 0.838 bits per heavy atom. The SMILES string of the molecule is Cn1ncc(OCCOCCOCCOCCn2nnc3c2-c2ccccc2CC(C(=O)CCC(N)=O)c2ccccc2-3)c(-c2ccc(C[C@H](NC(=O)c3c(Cl)cncc3Cl)C(=O)O)cc2)c1=O. The van der Waals surface area contributed by atoms with E-state index < -0.39 is 35.3 Å². The van der Waals surface area contributed by atoms with Crippen LogP contribution in [0.4, 0.5) is 0 Å². The molecular formula is C48H48Cl2N8O10. The summed E-state index contributed by atoms with van der Waals surface area (Å²) in [4.78, 5) is 66.9.